The Labute approximate surface area is 203 Å². The van der Waals surface area contributed by atoms with Gasteiger partial charge in [0.15, 0.2) is 5.69 Å². The van der Waals surface area contributed by atoms with Crippen molar-refractivity contribution in [2.45, 2.75) is 41.3 Å². The number of aromatic nitrogens is 4. The van der Waals surface area contributed by atoms with Crippen molar-refractivity contribution in [3.63, 3.8) is 0 Å². The van der Waals surface area contributed by atoms with E-state index in [0.717, 1.165) is 36.7 Å². The molecular weight excluding hydrogens is 479 g/mol. The van der Waals surface area contributed by atoms with E-state index >= 15 is 0 Å². The van der Waals surface area contributed by atoms with Crippen molar-refractivity contribution in [3.05, 3.63) is 64.0 Å². The summed E-state index contributed by atoms with van der Waals surface area (Å²) in [7, 11) is 1.55. The molecule has 0 amide bonds. The zero-order valence-electron chi connectivity index (χ0n) is 18.9. The Balaban J connectivity index is 1.39. The van der Waals surface area contributed by atoms with Gasteiger partial charge in [0, 0.05) is 49.2 Å². The van der Waals surface area contributed by atoms with Crippen LogP contribution in [0, 0.1) is 5.41 Å². The lowest BCUT2D eigenvalue weighted by Crippen LogP contribution is -2.46. The van der Waals surface area contributed by atoms with Crippen molar-refractivity contribution < 1.29 is 13.2 Å². The second-order valence-corrected chi connectivity index (χ2v) is 10.0. The second-order valence-electron chi connectivity index (χ2n) is 8.98. The van der Waals surface area contributed by atoms with E-state index in [0.29, 0.717) is 30.8 Å². The number of nitrogens with zero attached hydrogens (tertiary/aromatic N) is 5. The van der Waals surface area contributed by atoms with Crippen LogP contribution in [0.1, 0.15) is 35.8 Å². The zero-order chi connectivity index (χ0) is 25.0. The number of anilines is 2. The molecule has 3 aromatic heterocycles. The number of hydrogen-bond acceptors (Lipinski definition) is 8. The number of nitrogens with two attached hydrogens (primary N) is 2. The van der Waals surface area contributed by atoms with Crippen LogP contribution in [0.2, 0.25) is 0 Å². The summed E-state index contributed by atoms with van der Waals surface area (Å²) in [6, 6.07) is 6.47. The highest BCUT2D eigenvalue weighted by atomic mass is 32.2. The van der Waals surface area contributed by atoms with E-state index < -0.39 is 17.4 Å². The first-order valence-electron chi connectivity index (χ1n) is 11.1. The van der Waals surface area contributed by atoms with E-state index in [4.69, 9.17) is 11.5 Å². The second kappa shape index (κ2) is 8.52. The Morgan fingerprint density at radius 1 is 1.14 bits per heavy atom. The fourth-order valence-corrected chi connectivity index (χ4v) is 6.06. The van der Waals surface area contributed by atoms with Gasteiger partial charge in [0.1, 0.15) is 10.7 Å². The number of halogens is 3. The topological polar surface area (TPSA) is 116 Å². The van der Waals surface area contributed by atoms with Gasteiger partial charge in [-0.25, -0.2) is 0 Å². The van der Waals surface area contributed by atoms with Crippen molar-refractivity contribution in [1.82, 2.24) is 19.5 Å². The van der Waals surface area contributed by atoms with Crippen LogP contribution in [0.25, 0.3) is 0 Å². The van der Waals surface area contributed by atoms with Crippen LogP contribution in [-0.4, -0.2) is 32.6 Å². The molecule has 1 aliphatic carbocycles. The fraction of sp³-hybridized carbons (Fsp3) is 0.391. The SMILES string of the molecule is Cn1c(N2CCC3(CC2)Cc2ncccc2[C@H]3N)nc(N)c(Sc2cccnc2C(F)(F)F)c1=O. The minimum Gasteiger partial charge on any atom is -0.382 e. The lowest BCUT2D eigenvalue weighted by molar-refractivity contribution is -0.143. The first-order chi connectivity index (χ1) is 16.6. The van der Waals surface area contributed by atoms with Crippen LogP contribution in [0.3, 0.4) is 0 Å². The molecule has 2 aliphatic rings. The molecule has 12 heteroatoms. The standard InChI is InChI=1S/C23H24F3N7OS/c1-32-20(34)16(35-15-5-3-9-30-18(15)23(24,25)26)19(28)31-21(32)33-10-6-22(7-11-33)12-14-13(17(22)27)4-2-8-29-14/h2-5,8-9,17H,6-7,10-12,27-28H2,1H3/t17-/m1/s1. The van der Waals surface area contributed by atoms with Gasteiger partial charge in [-0.1, -0.05) is 17.8 Å². The molecule has 1 aliphatic heterocycles. The van der Waals surface area contributed by atoms with E-state index in [1.807, 2.05) is 17.0 Å². The first kappa shape index (κ1) is 23.6. The molecule has 35 heavy (non-hydrogen) atoms. The third kappa shape index (κ3) is 4.04. The Morgan fingerprint density at radius 3 is 2.51 bits per heavy atom. The van der Waals surface area contributed by atoms with Gasteiger partial charge in [0.25, 0.3) is 5.56 Å². The summed E-state index contributed by atoms with van der Waals surface area (Å²) >= 11 is 0.627. The number of nitrogen functional groups attached to an aromatic ring is 1. The summed E-state index contributed by atoms with van der Waals surface area (Å²) in [5.41, 5.74) is 13.2. The Bertz CT molecular complexity index is 1340. The van der Waals surface area contributed by atoms with Gasteiger partial charge in [0.2, 0.25) is 5.95 Å². The third-order valence-corrected chi connectivity index (χ3v) is 8.12. The summed E-state index contributed by atoms with van der Waals surface area (Å²) in [6.45, 7) is 1.24. The highest BCUT2D eigenvalue weighted by Gasteiger charge is 2.47. The zero-order valence-corrected chi connectivity index (χ0v) is 19.7. The van der Waals surface area contributed by atoms with Crippen LogP contribution in [-0.2, 0) is 19.6 Å². The summed E-state index contributed by atoms with van der Waals surface area (Å²) in [5, 5.41) is 0. The minimum atomic E-state index is -4.66. The largest absolute Gasteiger partial charge is 0.434 e. The van der Waals surface area contributed by atoms with E-state index in [2.05, 4.69) is 15.0 Å². The molecule has 5 rings (SSSR count). The molecule has 3 aromatic rings. The molecule has 0 radical (unpaired) electrons. The van der Waals surface area contributed by atoms with E-state index in [1.165, 1.54) is 16.7 Å². The van der Waals surface area contributed by atoms with Crippen LogP contribution in [0.5, 0.6) is 0 Å². The van der Waals surface area contributed by atoms with Gasteiger partial charge in [-0.05, 0) is 48.4 Å². The van der Waals surface area contributed by atoms with E-state index in [1.54, 1.807) is 13.2 Å². The molecular formula is C23H24F3N7OS. The lowest BCUT2D eigenvalue weighted by Gasteiger charge is -2.42. The number of rotatable bonds is 3. The molecule has 0 aromatic carbocycles. The quantitative estimate of drug-likeness (QED) is 0.560. The van der Waals surface area contributed by atoms with E-state index in [-0.39, 0.29) is 27.1 Å². The van der Waals surface area contributed by atoms with Gasteiger partial charge in [-0.2, -0.15) is 18.2 Å². The molecule has 8 nitrogen and oxygen atoms in total. The summed E-state index contributed by atoms with van der Waals surface area (Å²) in [5.74, 6) is 0.274. The van der Waals surface area contributed by atoms with E-state index in [9.17, 15) is 18.0 Å². The molecule has 184 valence electrons. The maximum absolute atomic E-state index is 13.4. The summed E-state index contributed by atoms with van der Waals surface area (Å²) in [6.07, 6.45) is 0.587. The van der Waals surface area contributed by atoms with Crippen molar-refractivity contribution in [2.75, 3.05) is 23.7 Å². The average Bonchev–Trinajstić information content (AvgIpc) is 3.10. The summed E-state index contributed by atoms with van der Waals surface area (Å²) in [4.78, 5) is 27.2. The third-order valence-electron chi connectivity index (χ3n) is 6.99. The lowest BCUT2D eigenvalue weighted by atomic mass is 9.73. The monoisotopic (exact) mass is 503 g/mol. The smallest absolute Gasteiger partial charge is 0.382 e. The minimum absolute atomic E-state index is 0.0671. The Morgan fingerprint density at radius 2 is 1.83 bits per heavy atom. The molecule has 0 unspecified atom stereocenters. The molecule has 4 heterocycles. The number of hydrogen-bond donors (Lipinski definition) is 2. The Hall–Kier alpha value is -3.12. The number of fused-ring (bicyclic) bond motifs is 1. The highest BCUT2D eigenvalue weighted by Crippen LogP contribution is 2.50. The number of alkyl halides is 3. The maximum atomic E-state index is 13.4. The van der Waals surface area contributed by atoms with Crippen molar-refractivity contribution in [3.8, 4) is 0 Å². The number of pyridine rings is 2. The van der Waals surface area contributed by atoms with Gasteiger partial charge in [0.05, 0.1) is 0 Å². The Kier molecular flexibility index (Phi) is 5.75. The molecule has 1 atom stereocenters. The normalized spacial score (nSPS) is 19.2. The first-order valence-corrected chi connectivity index (χ1v) is 11.9. The molecule has 1 fully saturated rings. The summed E-state index contributed by atoms with van der Waals surface area (Å²) < 4.78 is 41.4. The molecule has 0 saturated carbocycles. The van der Waals surface area contributed by atoms with Crippen molar-refractivity contribution >= 4 is 23.5 Å². The highest BCUT2D eigenvalue weighted by molar-refractivity contribution is 7.99. The maximum Gasteiger partial charge on any atom is 0.434 e. The van der Waals surface area contributed by atoms with Gasteiger partial charge < -0.3 is 16.4 Å². The fourth-order valence-electron chi connectivity index (χ4n) is 5.06. The molecule has 1 saturated heterocycles. The van der Waals surface area contributed by atoms with Crippen LogP contribution < -0.4 is 21.9 Å². The predicted octanol–water partition coefficient (Wildman–Crippen LogP) is 3.17. The van der Waals surface area contributed by atoms with Gasteiger partial charge >= 0.3 is 6.18 Å². The van der Waals surface area contributed by atoms with Gasteiger partial charge in [-0.3, -0.25) is 19.3 Å². The average molecular weight is 504 g/mol. The molecule has 0 bridgehead atoms. The van der Waals surface area contributed by atoms with Crippen molar-refractivity contribution in [2.24, 2.45) is 18.2 Å². The van der Waals surface area contributed by atoms with Crippen LogP contribution >= 0.6 is 11.8 Å². The van der Waals surface area contributed by atoms with Gasteiger partial charge in [-0.15, -0.1) is 0 Å². The molecule has 4 N–H and O–H groups in total. The van der Waals surface area contributed by atoms with Crippen LogP contribution in [0.15, 0.2) is 51.2 Å². The van der Waals surface area contributed by atoms with Crippen molar-refractivity contribution in [1.29, 1.82) is 0 Å². The van der Waals surface area contributed by atoms with Crippen LogP contribution in [0.4, 0.5) is 24.9 Å². The number of piperidine rings is 1. The molecule has 1 spiro atoms. The predicted molar refractivity (Wildman–Crippen MR) is 126 cm³/mol.